The van der Waals surface area contributed by atoms with Crippen molar-refractivity contribution < 1.29 is 4.74 Å². The molecule has 0 bridgehead atoms. The minimum absolute atomic E-state index is 0.511. The predicted molar refractivity (Wildman–Crippen MR) is 56.4 cm³/mol. The molecule has 0 unspecified atom stereocenters. The monoisotopic (exact) mass is 199 g/mol. The average Bonchev–Trinajstić information content (AvgIpc) is 2.31. The van der Waals surface area contributed by atoms with Crippen molar-refractivity contribution in [3.63, 3.8) is 0 Å². The van der Waals surface area contributed by atoms with E-state index in [1.807, 2.05) is 6.07 Å². The van der Waals surface area contributed by atoms with Crippen LogP contribution in [0.1, 0.15) is 5.56 Å². The molecule has 0 atom stereocenters. The molecule has 0 aliphatic carbocycles. The molecule has 0 saturated heterocycles. The quantitative estimate of drug-likeness (QED) is 0.783. The molecular formula is C11H9N3O. The molecule has 1 aliphatic heterocycles. The normalized spacial score (nSPS) is 13.7. The molecule has 74 valence electrons. The van der Waals surface area contributed by atoms with E-state index in [-0.39, 0.29) is 0 Å². The lowest BCUT2D eigenvalue weighted by atomic mass is 10.2. The molecule has 15 heavy (non-hydrogen) atoms. The second kappa shape index (κ2) is 4.29. The Morgan fingerprint density at radius 3 is 3.00 bits per heavy atom. The number of hydrogen-bond donors (Lipinski definition) is 1. The van der Waals surface area contributed by atoms with Crippen LogP contribution in [0.4, 0.5) is 0 Å². The van der Waals surface area contributed by atoms with E-state index in [9.17, 15) is 0 Å². The third kappa shape index (κ3) is 2.15. The van der Waals surface area contributed by atoms with Gasteiger partial charge in [0.2, 0.25) is 0 Å². The van der Waals surface area contributed by atoms with Gasteiger partial charge in [-0.05, 0) is 12.1 Å². The number of nitrogens with zero attached hydrogens (tertiary/aromatic N) is 2. The van der Waals surface area contributed by atoms with Gasteiger partial charge < -0.3 is 10.1 Å². The van der Waals surface area contributed by atoms with Gasteiger partial charge in [-0.15, -0.1) is 0 Å². The van der Waals surface area contributed by atoms with Crippen LogP contribution in [0, 0.1) is 11.3 Å². The van der Waals surface area contributed by atoms with Crippen LogP contribution in [0.3, 0.4) is 0 Å². The summed E-state index contributed by atoms with van der Waals surface area (Å²) >= 11 is 0. The summed E-state index contributed by atoms with van der Waals surface area (Å²) in [4.78, 5) is 4.00. The van der Waals surface area contributed by atoms with Crippen molar-refractivity contribution in [2.75, 3.05) is 6.67 Å². The second-order valence-electron chi connectivity index (χ2n) is 2.93. The summed E-state index contributed by atoms with van der Waals surface area (Å²) in [6, 6.07) is 9.15. The summed E-state index contributed by atoms with van der Waals surface area (Å²) in [5.41, 5.74) is 0.511. The number of allylic oxidation sites excluding steroid dienone is 1. The molecule has 1 heterocycles. The van der Waals surface area contributed by atoms with Gasteiger partial charge in [-0.25, -0.2) is 0 Å². The molecule has 1 aromatic rings. The predicted octanol–water partition coefficient (Wildman–Crippen LogP) is 1.41. The maximum atomic E-state index is 8.85. The first-order valence-corrected chi connectivity index (χ1v) is 4.50. The SMILES string of the molecule is N#Cc1ccccc1OC1=CNCN=C1. The van der Waals surface area contributed by atoms with Gasteiger partial charge in [0.25, 0.3) is 0 Å². The lowest BCUT2D eigenvalue weighted by molar-refractivity contribution is 0.447. The zero-order valence-corrected chi connectivity index (χ0v) is 7.97. The van der Waals surface area contributed by atoms with Crippen molar-refractivity contribution in [2.24, 2.45) is 4.99 Å². The number of ether oxygens (including phenoxy) is 1. The number of hydrogen-bond acceptors (Lipinski definition) is 4. The Bertz CT molecular complexity index is 457. The minimum Gasteiger partial charge on any atom is -0.453 e. The summed E-state index contributed by atoms with van der Waals surface area (Å²) in [6.07, 6.45) is 3.35. The summed E-state index contributed by atoms with van der Waals surface area (Å²) < 4.78 is 5.50. The van der Waals surface area contributed by atoms with Crippen molar-refractivity contribution in [1.29, 1.82) is 5.26 Å². The smallest absolute Gasteiger partial charge is 0.161 e. The summed E-state index contributed by atoms with van der Waals surface area (Å²) in [7, 11) is 0. The van der Waals surface area contributed by atoms with Crippen LogP contribution in [-0.4, -0.2) is 12.9 Å². The summed E-state index contributed by atoms with van der Waals surface area (Å²) in [6.45, 7) is 0.562. The largest absolute Gasteiger partial charge is 0.453 e. The van der Waals surface area contributed by atoms with Gasteiger partial charge in [0.15, 0.2) is 5.76 Å². The molecule has 0 amide bonds. The molecule has 1 aliphatic rings. The highest BCUT2D eigenvalue weighted by molar-refractivity contribution is 5.77. The number of nitrogens with one attached hydrogen (secondary N) is 1. The van der Waals surface area contributed by atoms with E-state index >= 15 is 0 Å². The average molecular weight is 199 g/mol. The molecule has 0 saturated carbocycles. The van der Waals surface area contributed by atoms with Crippen LogP contribution < -0.4 is 10.1 Å². The Kier molecular flexibility index (Phi) is 2.65. The van der Waals surface area contributed by atoms with Crippen LogP contribution in [0.2, 0.25) is 0 Å². The van der Waals surface area contributed by atoms with Crippen molar-refractivity contribution in [1.82, 2.24) is 5.32 Å². The zero-order valence-electron chi connectivity index (χ0n) is 7.97. The van der Waals surface area contributed by atoms with E-state index in [2.05, 4.69) is 16.4 Å². The minimum atomic E-state index is 0.511. The number of nitriles is 1. The molecule has 0 aromatic heterocycles. The molecule has 2 rings (SSSR count). The number of benzene rings is 1. The van der Waals surface area contributed by atoms with Crippen molar-refractivity contribution in [3.05, 3.63) is 41.8 Å². The first-order chi connectivity index (χ1) is 7.40. The van der Waals surface area contributed by atoms with Gasteiger partial charge in [0.05, 0.1) is 11.8 Å². The second-order valence-corrected chi connectivity index (χ2v) is 2.93. The van der Waals surface area contributed by atoms with Gasteiger partial charge in [-0.3, -0.25) is 4.99 Å². The fourth-order valence-electron chi connectivity index (χ4n) is 1.20. The molecule has 1 N–H and O–H groups in total. The summed E-state index contributed by atoms with van der Waals surface area (Å²) in [5.74, 6) is 1.14. The highest BCUT2D eigenvalue weighted by Gasteiger charge is 2.05. The maximum Gasteiger partial charge on any atom is 0.161 e. The van der Waals surface area contributed by atoms with Crippen molar-refractivity contribution in [3.8, 4) is 11.8 Å². The van der Waals surface area contributed by atoms with Crippen LogP contribution in [0.15, 0.2) is 41.2 Å². The van der Waals surface area contributed by atoms with Crippen molar-refractivity contribution >= 4 is 6.21 Å². The van der Waals surface area contributed by atoms with E-state index in [0.29, 0.717) is 23.7 Å². The third-order valence-electron chi connectivity index (χ3n) is 1.88. The van der Waals surface area contributed by atoms with Gasteiger partial charge in [0, 0.05) is 6.20 Å². The van der Waals surface area contributed by atoms with E-state index in [1.54, 1.807) is 30.6 Å². The van der Waals surface area contributed by atoms with E-state index in [4.69, 9.17) is 10.00 Å². The van der Waals surface area contributed by atoms with Crippen LogP contribution in [0.25, 0.3) is 0 Å². The molecule has 4 nitrogen and oxygen atoms in total. The topological polar surface area (TPSA) is 57.4 Å². The fourth-order valence-corrected chi connectivity index (χ4v) is 1.20. The van der Waals surface area contributed by atoms with Crippen molar-refractivity contribution in [2.45, 2.75) is 0 Å². The maximum absolute atomic E-state index is 8.85. The standard InChI is InChI=1S/C11H9N3O/c12-5-9-3-1-2-4-11(9)15-10-6-13-8-14-7-10/h1-4,6-7,13H,8H2. The van der Waals surface area contributed by atoms with Crippen LogP contribution >= 0.6 is 0 Å². The molecule has 0 radical (unpaired) electrons. The number of rotatable bonds is 2. The lowest BCUT2D eigenvalue weighted by Gasteiger charge is -2.10. The Balaban J connectivity index is 2.21. The first-order valence-electron chi connectivity index (χ1n) is 4.50. The zero-order chi connectivity index (χ0) is 10.5. The number of aliphatic imine (C=N–C) groups is 1. The van der Waals surface area contributed by atoms with E-state index < -0.39 is 0 Å². The Hall–Kier alpha value is -2.28. The first kappa shape index (κ1) is 9.28. The van der Waals surface area contributed by atoms with E-state index in [1.165, 1.54) is 0 Å². The van der Waals surface area contributed by atoms with Gasteiger partial charge in [-0.2, -0.15) is 5.26 Å². The van der Waals surface area contributed by atoms with Crippen LogP contribution in [0.5, 0.6) is 5.75 Å². The molecule has 1 aromatic carbocycles. The van der Waals surface area contributed by atoms with E-state index in [0.717, 1.165) is 0 Å². The fraction of sp³-hybridized carbons (Fsp3) is 0.0909. The molecule has 0 spiro atoms. The Morgan fingerprint density at radius 2 is 2.27 bits per heavy atom. The summed E-state index contributed by atoms with van der Waals surface area (Å²) in [5, 5.41) is 11.8. The third-order valence-corrected chi connectivity index (χ3v) is 1.88. The van der Waals surface area contributed by atoms with Crippen LogP contribution in [-0.2, 0) is 0 Å². The Labute approximate surface area is 87.5 Å². The highest BCUT2D eigenvalue weighted by atomic mass is 16.5. The van der Waals surface area contributed by atoms with Gasteiger partial charge in [0.1, 0.15) is 18.5 Å². The van der Waals surface area contributed by atoms with Gasteiger partial charge in [-0.1, -0.05) is 12.1 Å². The number of para-hydroxylation sites is 1. The molecule has 4 heteroatoms. The highest BCUT2D eigenvalue weighted by Crippen LogP contribution is 2.18. The molecule has 0 fully saturated rings. The Morgan fingerprint density at radius 1 is 1.40 bits per heavy atom. The lowest BCUT2D eigenvalue weighted by Crippen LogP contribution is -2.14. The molecular weight excluding hydrogens is 190 g/mol. The van der Waals surface area contributed by atoms with Gasteiger partial charge >= 0.3 is 0 Å².